The Balaban J connectivity index is 2.82. The lowest BCUT2D eigenvalue weighted by molar-refractivity contribution is 0.0599. The van der Waals surface area contributed by atoms with Crippen molar-refractivity contribution >= 4 is 40.3 Å². The zero-order valence-electron chi connectivity index (χ0n) is 13.0. The number of nitriles is 2. The minimum Gasteiger partial charge on any atom is -0.465 e. The van der Waals surface area contributed by atoms with E-state index < -0.39 is 5.97 Å². The van der Waals surface area contributed by atoms with E-state index in [-0.39, 0.29) is 16.8 Å². The van der Waals surface area contributed by atoms with Crippen molar-refractivity contribution in [3.63, 3.8) is 0 Å². The summed E-state index contributed by atoms with van der Waals surface area (Å²) < 4.78 is 5.48. The molecule has 0 fully saturated rings. The van der Waals surface area contributed by atoms with E-state index in [1.165, 1.54) is 30.2 Å². The molecule has 0 radical (unpaired) electrons. The minimum atomic E-state index is -0.540. The Kier molecular flexibility index (Phi) is 5.64. The van der Waals surface area contributed by atoms with Crippen LogP contribution >= 0.6 is 23.1 Å². The van der Waals surface area contributed by atoms with Gasteiger partial charge in [0.15, 0.2) is 0 Å². The average molecular weight is 355 g/mol. The molecule has 0 aliphatic heterocycles. The highest BCUT2D eigenvalue weighted by Crippen LogP contribution is 2.43. The molecule has 2 rings (SSSR count). The van der Waals surface area contributed by atoms with Gasteiger partial charge >= 0.3 is 5.97 Å². The van der Waals surface area contributed by atoms with Crippen molar-refractivity contribution in [2.75, 3.05) is 19.1 Å². The fraction of sp³-hybridized carbons (Fsp3) is 0.118. The van der Waals surface area contributed by atoms with Gasteiger partial charge in [0.1, 0.15) is 23.3 Å². The summed E-state index contributed by atoms with van der Waals surface area (Å²) >= 11 is 2.63. The first-order valence-corrected chi connectivity index (χ1v) is 8.77. The Bertz CT molecular complexity index is 871. The Morgan fingerprint density at radius 3 is 2.38 bits per heavy atom. The molecule has 0 amide bonds. The molecule has 0 saturated carbocycles. The van der Waals surface area contributed by atoms with Crippen LogP contribution in [0.4, 0.5) is 5.69 Å². The van der Waals surface area contributed by atoms with Crippen LogP contribution in [0, 0.1) is 22.7 Å². The summed E-state index contributed by atoms with van der Waals surface area (Å²) in [5, 5.41) is 18.7. The molecule has 2 N–H and O–H groups in total. The van der Waals surface area contributed by atoms with Crippen molar-refractivity contribution < 1.29 is 9.53 Å². The molecule has 1 heterocycles. The van der Waals surface area contributed by atoms with E-state index in [2.05, 4.69) is 0 Å². The van der Waals surface area contributed by atoms with Crippen LogP contribution in [0.5, 0.6) is 0 Å². The normalized spacial score (nSPS) is 9.67. The topological polar surface area (TPSA) is 99.9 Å². The van der Waals surface area contributed by atoms with Crippen LogP contribution in [0.2, 0.25) is 0 Å². The van der Waals surface area contributed by atoms with Crippen molar-refractivity contribution in [1.82, 2.24) is 0 Å². The van der Waals surface area contributed by atoms with E-state index in [9.17, 15) is 15.3 Å². The number of nitrogen functional groups attached to an aromatic ring is 1. The van der Waals surface area contributed by atoms with Gasteiger partial charge in [-0.25, -0.2) is 4.79 Å². The van der Waals surface area contributed by atoms with E-state index >= 15 is 0 Å². The number of carbonyl (C=O) groups is 1. The summed E-state index contributed by atoms with van der Waals surface area (Å²) in [7, 11) is 1.28. The molecule has 0 atom stereocenters. The molecule has 24 heavy (non-hydrogen) atoms. The van der Waals surface area contributed by atoms with Gasteiger partial charge in [-0.2, -0.15) is 10.5 Å². The van der Waals surface area contributed by atoms with Gasteiger partial charge in [0, 0.05) is 5.57 Å². The van der Waals surface area contributed by atoms with Crippen LogP contribution < -0.4 is 5.73 Å². The summed E-state index contributed by atoms with van der Waals surface area (Å²) in [6, 6.07) is 12.9. The lowest BCUT2D eigenvalue weighted by Gasteiger charge is -2.07. The van der Waals surface area contributed by atoms with Crippen molar-refractivity contribution in [3.8, 4) is 12.1 Å². The second kappa shape index (κ2) is 7.69. The van der Waals surface area contributed by atoms with Gasteiger partial charge in [0.25, 0.3) is 0 Å². The fourth-order valence-corrected chi connectivity index (χ4v) is 4.17. The number of rotatable bonds is 4. The van der Waals surface area contributed by atoms with Crippen molar-refractivity contribution in [2.45, 2.75) is 4.21 Å². The van der Waals surface area contributed by atoms with E-state index in [4.69, 9.17) is 10.5 Å². The fourth-order valence-electron chi connectivity index (χ4n) is 2.18. The molecule has 0 saturated heterocycles. The maximum Gasteiger partial charge on any atom is 0.342 e. The number of nitrogens with zero attached hydrogens (tertiary/aromatic N) is 2. The van der Waals surface area contributed by atoms with Gasteiger partial charge in [0.2, 0.25) is 0 Å². The number of allylic oxidation sites excluding steroid dienone is 1. The number of esters is 1. The average Bonchev–Trinajstić information content (AvgIpc) is 2.95. The highest BCUT2D eigenvalue weighted by molar-refractivity contribution is 8.00. The summed E-state index contributed by atoms with van der Waals surface area (Å²) in [6.45, 7) is 0. The Labute approximate surface area is 148 Å². The van der Waals surface area contributed by atoms with Gasteiger partial charge in [-0.15, -0.1) is 23.1 Å². The zero-order valence-corrected chi connectivity index (χ0v) is 14.6. The predicted octanol–water partition coefficient (Wildman–Crippen LogP) is 3.69. The molecule has 0 bridgehead atoms. The molecule has 7 heteroatoms. The first-order chi connectivity index (χ1) is 11.6. The second-order valence-corrected chi connectivity index (χ2v) is 6.64. The number of nitrogens with two attached hydrogens (primary N) is 1. The number of hydrogen-bond acceptors (Lipinski definition) is 7. The van der Waals surface area contributed by atoms with Crippen LogP contribution in [0.1, 0.15) is 20.8 Å². The number of carbonyl (C=O) groups excluding carboxylic acids is 1. The van der Waals surface area contributed by atoms with Gasteiger partial charge in [-0.3, -0.25) is 0 Å². The number of methoxy groups -OCH3 is 1. The number of ether oxygens (including phenoxy) is 1. The quantitative estimate of drug-likeness (QED) is 0.510. The maximum atomic E-state index is 12.0. The van der Waals surface area contributed by atoms with E-state index in [0.29, 0.717) is 20.2 Å². The van der Waals surface area contributed by atoms with Crippen LogP contribution in [0.25, 0.3) is 5.57 Å². The SMILES string of the molecule is COC(=O)c1c(SC)sc(C(=C(C#N)C#N)c2ccccc2)c1N. The van der Waals surface area contributed by atoms with Crippen LogP contribution in [0.15, 0.2) is 40.1 Å². The Hall–Kier alpha value is -2.74. The third-order valence-corrected chi connectivity index (χ3v) is 5.59. The maximum absolute atomic E-state index is 12.0. The van der Waals surface area contributed by atoms with E-state index in [1.807, 2.05) is 36.6 Å². The number of thiophene rings is 1. The summed E-state index contributed by atoms with van der Waals surface area (Å²) in [5.74, 6) is -0.540. The Morgan fingerprint density at radius 2 is 1.88 bits per heavy atom. The first kappa shape index (κ1) is 17.6. The number of benzene rings is 1. The molecular formula is C17H13N3O2S2. The van der Waals surface area contributed by atoms with Gasteiger partial charge < -0.3 is 10.5 Å². The third kappa shape index (κ3) is 3.13. The van der Waals surface area contributed by atoms with Crippen LogP contribution in [-0.2, 0) is 4.74 Å². The van der Waals surface area contributed by atoms with E-state index in [0.717, 1.165) is 0 Å². The molecule has 120 valence electrons. The molecule has 0 aliphatic carbocycles. The Morgan fingerprint density at radius 1 is 1.25 bits per heavy atom. The highest BCUT2D eigenvalue weighted by atomic mass is 32.2. The third-order valence-electron chi connectivity index (χ3n) is 3.25. The largest absolute Gasteiger partial charge is 0.465 e. The van der Waals surface area contributed by atoms with Crippen LogP contribution in [-0.4, -0.2) is 19.3 Å². The van der Waals surface area contributed by atoms with Gasteiger partial charge in [0.05, 0.1) is 21.9 Å². The molecule has 5 nitrogen and oxygen atoms in total. The number of anilines is 1. The minimum absolute atomic E-state index is 0.0572. The van der Waals surface area contributed by atoms with Crippen molar-refractivity contribution in [1.29, 1.82) is 10.5 Å². The predicted molar refractivity (Wildman–Crippen MR) is 95.5 cm³/mol. The molecule has 2 aromatic rings. The smallest absolute Gasteiger partial charge is 0.342 e. The molecule has 0 spiro atoms. The van der Waals surface area contributed by atoms with Crippen molar-refractivity contribution in [2.24, 2.45) is 0 Å². The highest BCUT2D eigenvalue weighted by Gasteiger charge is 2.26. The molecular weight excluding hydrogens is 342 g/mol. The lowest BCUT2D eigenvalue weighted by Crippen LogP contribution is -2.05. The standard InChI is InChI=1S/C17H13N3O2S2/c1-22-16(21)13-14(20)15(24-17(13)23-2)12(11(8-18)9-19)10-6-4-3-5-7-10/h3-7H,20H2,1-2H3. The monoisotopic (exact) mass is 355 g/mol. The molecule has 1 aromatic heterocycles. The molecule has 0 aliphatic rings. The second-order valence-electron chi connectivity index (χ2n) is 4.54. The summed E-state index contributed by atoms with van der Waals surface area (Å²) in [5.41, 5.74) is 7.73. The molecule has 1 aromatic carbocycles. The van der Waals surface area contributed by atoms with E-state index in [1.54, 1.807) is 12.1 Å². The van der Waals surface area contributed by atoms with Crippen LogP contribution in [0.3, 0.4) is 0 Å². The molecule has 0 unspecified atom stereocenters. The zero-order chi connectivity index (χ0) is 17.7. The number of thioether (sulfide) groups is 1. The van der Waals surface area contributed by atoms with Gasteiger partial charge in [-0.1, -0.05) is 30.3 Å². The first-order valence-electron chi connectivity index (χ1n) is 6.73. The van der Waals surface area contributed by atoms with Gasteiger partial charge in [-0.05, 0) is 11.8 Å². The lowest BCUT2D eigenvalue weighted by atomic mass is 9.98. The summed E-state index contributed by atoms with van der Waals surface area (Å²) in [6.07, 6.45) is 1.82. The summed E-state index contributed by atoms with van der Waals surface area (Å²) in [4.78, 5) is 12.6. The number of hydrogen-bond donors (Lipinski definition) is 1. The van der Waals surface area contributed by atoms with Crippen molar-refractivity contribution in [3.05, 3.63) is 51.9 Å².